The number of amides is 1. The molecule has 4 aromatic rings. The van der Waals surface area contributed by atoms with Crippen molar-refractivity contribution in [3.05, 3.63) is 63.7 Å². The first-order chi connectivity index (χ1) is 16.8. The van der Waals surface area contributed by atoms with Gasteiger partial charge in [-0.05, 0) is 45.1 Å². The van der Waals surface area contributed by atoms with Crippen LogP contribution in [0.5, 0.6) is 0 Å². The summed E-state index contributed by atoms with van der Waals surface area (Å²) in [5.41, 5.74) is 2.71. The van der Waals surface area contributed by atoms with E-state index in [0.717, 1.165) is 30.7 Å². The molecule has 1 N–H and O–H groups in total. The summed E-state index contributed by atoms with van der Waals surface area (Å²) in [6, 6.07) is 9.37. The zero-order valence-electron chi connectivity index (χ0n) is 20.3. The molecule has 0 bridgehead atoms. The van der Waals surface area contributed by atoms with Crippen LogP contribution in [0, 0.1) is 24.0 Å². The monoisotopic (exact) mass is 479 g/mol. The van der Waals surface area contributed by atoms with Crippen LogP contribution in [-0.4, -0.2) is 64.5 Å². The van der Waals surface area contributed by atoms with Crippen molar-refractivity contribution in [2.24, 2.45) is 0 Å². The minimum absolute atomic E-state index is 0.0151. The molecule has 3 aromatic heterocycles. The van der Waals surface area contributed by atoms with Gasteiger partial charge >= 0.3 is 5.69 Å². The summed E-state index contributed by atoms with van der Waals surface area (Å²) in [6.45, 7) is 11.0. The van der Waals surface area contributed by atoms with Crippen molar-refractivity contribution in [2.45, 2.75) is 40.9 Å². The van der Waals surface area contributed by atoms with E-state index >= 15 is 0 Å². The molecule has 0 fully saturated rings. The fourth-order valence-electron chi connectivity index (χ4n) is 4.13. The molecule has 0 atom stereocenters. The molecule has 1 amide bonds. The quantitative estimate of drug-likeness (QED) is 0.273. The maximum atomic E-state index is 13.0. The molecule has 4 rings (SSSR count). The zero-order valence-corrected chi connectivity index (χ0v) is 20.3. The van der Waals surface area contributed by atoms with Crippen LogP contribution in [0.1, 0.15) is 35.7 Å². The maximum Gasteiger partial charge on any atom is 0.312 e. The molecule has 0 saturated heterocycles. The van der Waals surface area contributed by atoms with Gasteiger partial charge in [-0.2, -0.15) is 10.2 Å². The topological polar surface area (TPSA) is 129 Å². The fraction of sp³-hybridized carbons (Fsp3) is 0.391. The van der Waals surface area contributed by atoms with E-state index in [4.69, 9.17) is 0 Å². The number of fused-ring (bicyclic) bond motifs is 1. The number of aromatic nitrogens is 6. The number of nitro groups is 1. The van der Waals surface area contributed by atoms with Crippen molar-refractivity contribution in [1.29, 1.82) is 0 Å². The van der Waals surface area contributed by atoms with Crippen LogP contribution in [0.3, 0.4) is 0 Å². The van der Waals surface area contributed by atoms with Gasteiger partial charge < -0.3 is 9.47 Å². The predicted molar refractivity (Wildman–Crippen MR) is 131 cm³/mol. The van der Waals surface area contributed by atoms with E-state index in [-0.39, 0.29) is 24.0 Å². The van der Waals surface area contributed by atoms with E-state index in [1.54, 1.807) is 26.1 Å². The van der Waals surface area contributed by atoms with Crippen molar-refractivity contribution < 1.29 is 9.72 Å². The lowest BCUT2D eigenvalue weighted by molar-refractivity contribution is -0.386. The molecule has 184 valence electrons. The normalized spacial score (nSPS) is 11.5. The Morgan fingerprint density at radius 2 is 1.89 bits per heavy atom. The number of carbonyl (C=O) groups excluding carboxylic acids is 1. The summed E-state index contributed by atoms with van der Waals surface area (Å²) < 4.78 is 5.02. The number of anilines is 1. The highest BCUT2D eigenvalue weighted by molar-refractivity contribution is 6.02. The van der Waals surface area contributed by atoms with Gasteiger partial charge in [-0.3, -0.25) is 24.9 Å². The Balaban J connectivity index is 1.53. The molecular weight excluding hydrogens is 450 g/mol. The molecule has 1 aromatic carbocycles. The lowest BCUT2D eigenvalue weighted by Crippen LogP contribution is -2.27. The number of nitrogens with one attached hydrogen (secondary N) is 1. The fourth-order valence-corrected chi connectivity index (χ4v) is 4.13. The van der Waals surface area contributed by atoms with E-state index in [1.165, 1.54) is 9.36 Å². The number of nitrogens with zero attached hydrogens (tertiary/aromatic N) is 8. The van der Waals surface area contributed by atoms with Crippen LogP contribution in [0.2, 0.25) is 0 Å². The number of carbonyl (C=O) groups is 1. The number of likely N-dealkylation sites (N-methyl/N-ethyl adjacent to an activating group) is 1. The molecule has 0 aliphatic heterocycles. The minimum Gasteiger partial charge on any atom is -0.309 e. The second kappa shape index (κ2) is 10.1. The van der Waals surface area contributed by atoms with Gasteiger partial charge in [0.25, 0.3) is 5.91 Å². The van der Waals surface area contributed by atoms with Crippen molar-refractivity contribution in [3.8, 4) is 0 Å². The van der Waals surface area contributed by atoms with Crippen molar-refractivity contribution in [2.75, 3.05) is 25.0 Å². The molecule has 35 heavy (non-hydrogen) atoms. The van der Waals surface area contributed by atoms with Gasteiger partial charge in [0.05, 0.1) is 16.0 Å². The maximum absolute atomic E-state index is 13.0. The van der Waals surface area contributed by atoms with Crippen LogP contribution in [0.15, 0.2) is 36.5 Å². The van der Waals surface area contributed by atoms with Crippen LogP contribution >= 0.6 is 0 Å². The molecule has 12 heteroatoms. The highest BCUT2D eigenvalue weighted by Gasteiger charge is 2.22. The largest absolute Gasteiger partial charge is 0.312 e. The standard InChI is InChI=1S/C23H29N9O3/c1-5-28(6-2)13-14-30-20-10-8-7-9-18(20)24-23(30)25-22(33)19-11-12-29(27-19)15-31-17(4)21(32(34)35)16(3)26-31/h7-12H,5-6,13-15H2,1-4H3,(H,24,25,33). The molecule has 0 aliphatic rings. The Morgan fingerprint density at radius 1 is 1.14 bits per heavy atom. The summed E-state index contributed by atoms with van der Waals surface area (Å²) in [6.07, 6.45) is 1.64. The number of benzene rings is 1. The van der Waals surface area contributed by atoms with Crippen molar-refractivity contribution >= 4 is 28.6 Å². The predicted octanol–water partition coefficient (Wildman–Crippen LogP) is 3.05. The molecule has 12 nitrogen and oxygen atoms in total. The number of imidazole rings is 1. The highest BCUT2D eigenvalue weighted by atomic mass is 16.6. The second-order valence-electron chi connectivity index (χ2n) is 8.21. The number of aryl methyl sites for hydroxylation is 1. The molecule has 0 radical (unpaired) electrons. The average molecular weight is 480 g/mol. The van der Waals surface area contributed by atoms with Gasteiger partial charge in [0.2, 0.25) is 5.95 Å². The summed E-state index contributed by atoms with van der Waals surface area (Å²) in [5, 5.41) is 22.7. The summed E-state index contributed by atoms with van der Waals surface area (Å²) >= 11 is 0. The van der Waals surface area contributed by atoms with Gasteiger partial charge in [-0.15, -0.1) is 0 Å². The van der Waals surface area contributed by atoms with Gasteiger partial charge in [-0.25, -0.2) is 9.67 Å². The van der Waals surface area contributed by atoms with Crippen LogP contribution in [0.25, 0.3) is 11.0 Å². The highest BCUT2D eigenvalue weighted by Crippen LogP contribution is 2.22. The zero-order chi connectivity index (χ0) is 25.1. The van der Waals surface area contributed by atoms with E-state index in [2.05, 4.69) is 39.2 Å². The Labute approximate surface area is 202 Å². The van der Waals surface area contributed by atoms with Crippen molar-refractivity contribution in [3.63, 3.8) is 0 Å². The van der Waals surface area contributed by atoms with Crippen molar-refractivity contribution in [1.82, 2.24) is 34.0 Å². The molecular formula is C23H29N9O3. The Bertz CT molecular complexity index is 1360. The lowest BCUT2D eigenvalue weighted by atomic mass is 10.3. The molecule has 0 unspecified atom stereocenters. The number of hydrogen-bond acceptors (Lipinski definition) is 7. The molecule has 3 heterocycles. The smallest absolute Gasteiger partial charge is 0.309 e. The number of para-hydroxylation sites is 2. The van der Waals surface area contributed by atoms with E-state index in [0.29, 0.717) is 23.9 Å². The third-order valence-electron chi connectivity index (χ3n) is 6.09. The summed E-state index contributed by atoms with van der Waals surface area (Å²) in [5.74, 6) is 0.0783. The third-order valence-corrected chi connectivity index (χ3v) is 6.09. The Morgan fingerprint density at radius 3 is 2.57 bits per heavy atom. The Hall–Kier alpha value is -4.06. The van der Waals surface area contributed by atoms with Gasteiger partial charge in [0.15, 0.2) is 5.69 Å². The molecule has 0 aliphatic carbocycles. The lowest BCUT2D eigenvalue weighted by Gasteiger charge is -2.19. The first-order valence-corrected chi connectivity index (χ1v) is 11.5. The first-order valence-electron chi connectivity index (χ1n) is 11.5. The number of hydrogen-bond donors (Lipinski definition) is 1. The van der Waals surface area contributed by atoms with Gasteiger partial charge in [0.1, 0.15) is 18.1 Å². The van der Waals surface area contributed by atoms with E-state index < -0.39 is 4.92 Å². The van der Waals surface area contributed by atoms with E-state index in [1.807, 2.05) is 28.8 Å². The molecule has 0 saturated carbocycles. The summed E-state index contributed by atoms with van der Waals surface area (Å²) in [7, 11) is 0. The second-order valence-corrected chi connectivity index (χ2v) is 8.21. The first kappa shape index (κ1) is 24.1. The minimum atomic E-state index is -0.442. The van der Waals surface area contributed by atoms with Gasteiger partial charge in [-0.1, -0.05) is 26.0 Å². The van der Waals surface area contributed by atoms with E-state index in [9.17, 15) is 14.9 Å². The van der Waals surface area contributed by atoms with Gasteiger partial charge in [0, 0.05) is 19.3 Å². The average Bonchev–Trinajstić information content (AvgIpc) is 3.51. The summed E-state index contributed by atoms with van der Waals surface area (Å²) in [4.78, 5) is 30.8. The Kier molecular flexibility index (Phi) is 6.92. The number of rotatable bonds is 10. The molecule has 0 spiro atoms. The van der Waals surface area contributed by atoms with Crippen LogP contribution in [-0.2, 0) is 13.2 Å². The third kappa shape index (κ3) is 4.92. The van der Waals surface area contributed by atoms with Crippen LogP contribution < -0.4 is 5.32 Å². The SMILES string of the molecule is CCN(CC)CCn1c(NC(=O)c2ccn(Cn3nc(C)c([N+](=O)[O-])c3C)n2)nc2ccccc21. The van der Waals surface area contributed by atoms with Crippen LogP contribution in [0.4, 0.5) is 11.6 Å².